The summed E-state index contributed by atoms with van der Waals surface area (Å²) in [6.07, 6.45) is 3.88. The Labute approximate surface area is 170 Å². The van der Waals surface area contributed by atoms with Crippen molar-refractivity contribution >= 4 is 11.6 Å². The smallest absolute Gasteiger partial charge is 0.276 e. The molecule has 0 spiro atoms. The normalized spacial score (nSPS) is 12.6. The fourth-order valence-corrected chi connectivity index (χ4v) is 3.71. The third-order valence-corrected chi connectivity index (χ3v) is 5.23. The molecule has 1 heterocycles. The maximum Gasteiger partial charge on any atom is 0.276 e. The van der Waals surface area contributed by atoms with E-state index in [4.69, 9.17) is 10.5 Å². The molecule has 0 radical (unpaired) electrons. The molecule has 0 saturated heterocycles. The van der Waals surface area contributed by atoms with Gasteiger partial charge in [-0.25, -0.2) is 4.68 Å². The number of aromatic nitrogens is 2. The molecule has 2 aromatic carbocycles. The van der Waals surface area contributed by atoms with E-state index in [2.05, 4.69) is 41.6 Å². The lowest BCUT2D eigenvalue weighted by Crippen LogP contribution is -2.15. The number of nitrogens with zero attached hydrogens (tertiary/aromatic N) is 2. The van der Waals surface area contributed by atoms with Crippen molar-refractivity contribution in [3.63, 3.8) is 0 Å². The highest BCUT2D eigenvalue weighted by Crippen LogP contribution is 2.28. The second-order valence-corrected chi connectivity index (χ2v) is 7.17. The minimum atomic E-state index is -0.178. The first-order chi connectivity index (χ1) is 14.2. The minimum Gasteiger partial charge on any atom is -0.492 e. The molecule has 0 aliphatic heterocycles. The topological polar surface area (TPSA) is 82.2 Å². The molecular formula is C23H26N4O2. The number of amides is 1. The van der Waals surface area contributed by atoms with Crippen LogP contribution < -0.4 is 15.8 Å². The van der Waals surface area contributed by atoms with E-state index in [1.165, 1.54) is 5.56 Å². The molecule has 0 bridgehead atoms. The van der Waals surface area contributed by atoms with Gasteiger partial charge in [-0.1, -0.05) is 19.1 Å². The SMILES string of the molecule is CCc1ccc(-n2nc(C(=O)Nc3ccc(OCCN)cc3)c3c2CCC3)cc1. The number of carbonyl (C=O) groups excluding carboxylic acids is 1. The Balaban J connectivity index is 1.56. The first-order valence-corrected chi connectivity index (χ1v) is 10.1. The van der Waals surface area contributed by atoms with Gasteiger partial charge in [-0.3, -0.25) is 4.79 Å². The summed E-state index contributed by atoms with van der Waals surface area (Å²) in [5.74, 6) is 0.553. The summed E-state index contributed by atoms with van der Waals surface area (Å²) >= 11 is 0. The number of fused-ring (bicyclic) bond motifs is 1. The van der Waals surface area contributed by atoms with Gasteiger partial charge in [-0.15, -0.1) is 0 Å². The predicted molar refractivity (Wildman–Crippen MR) is 114 cm³/mol. The van der Waals surface area contributed by atoms with Crippen molar-refractivity contribution in [2.24, 2.45) is 5.73 Å². The monoisotopic (exact) mass is 390 g/mol. The van der Waals surface area contributed by atoms with Gasteiger partial charge >= 0.3 is 0 Å². The number of hydrogen-bond acceptors (Lipinski definition) is 4. The van der Waals surface area contributed by atoms with Crippen molar-refractivity contribution in [1.29, 1.82) is 0 Å². The van der Waals surface area contributed by atoms with Crippen molar-refractivity contribution < 1.29 is 9.53 Å². The highest BCUT2D eigenvalue weighted by molar-refractivity contribution is 6.04. The van der Waals surface area contributed by atoms with Crippen molar-refractivity contribution in [3.8, 4) is 11.4 Å². The zero-order valence-electron chi connectivity index (χ0n) is 16.6. The van der Waals surface area contributed by atoms with Gasteiger partial charge in [0.05, 0.1) is 5.69 Å². The average molecular weight is 390 g/mol. The standard InChI is InChI=1S/C23H26N4O2/c1-2-16-6-10-18(11-7-16)27-21-5-3-4-20(21)22(26-27)23(28)25-17-8-12-19(13-9-17)29-15-14-24/h6-13H,2-5,14-15,24H2,1H3,(H,25,28). The van der Waals surface area contributed by atoms with Crippen LogP contribution >= 0.6 is 0 Å². The number of aryl methyl sites for hydroxylation is 1. The molecule has 1 aliphatic rings. The Bertz CT molecular complexity index is 991. The van der Waals surface area contributed by atoms with Crippen LogP contribution in [0.15, 0.2) is 48.5 Å². The molecule has 29 heavy (non-hydrogen) atoms. The molecule has 0 unspecified atom stereocenters. The van der Waals surface area contributed by atoms with Gasteiger partial charge in [0.2, 0.25) is 0 Å². The quantitative estimate of drug-likeness (QED) is 0.647. The van der Waals surface area contributed by atoms with E-state index in [9.17, 15) is 4.79 Å². The van der Waals surface area contributed by atoms with Crippen LogP contribution in [0.3, 0.4) is 0 Å². The number of ether oxygens (including phenoxy) is 1. The zero-order valence-corrected chi connectivity index (χ0v) is 16.6. The first kappa shape index (κ1) is 19.2. The third-order valence-electron chi connectivity index (χ3n) is 5.23. The summed E-state index contributed by atoms with van der Waals surface area (Å²) in [5, 5.41) is 7.64. The number of rotatable bonds is 7. The molecule has 3 aromatic rings. The highest BCUT2D eigenvalue weighted by Gasteiger charge is 2.27. The van der Waals surface area contributed by atoms with E-state index in [0.717, 1.165) is 48.4 Å². The van der Waals surface area contributed by atoms with E-state index in [0.29, 0.717) is 24.5 Å². The van der Waals surface area contributed by atoms with Gasteiger partial charge < -0.3 is 15.8 Å². The number of hydrogen-bond donors (Lipinski definition) is 2. The number of carbonyl (C=O) groups is 1. The maximum absolute atomic E-state index is 12.9. The van der Waals surface area contributed by atoms with Gasteiger partial charge in [0.25, 0.3) is 5.91 Å². The summed E-state index contributed by atoms with van der Waals surface area (Å²) in [6, 6.07) is 15.7. The molecule has 6 nitrogen and oxygen atoms in total. The molecule has 0 saturated carbocycles. The molecule has 4 rings (SSSR count). The van der Waals surface area contributed by atoms with E-state index >= 15 is 0 Å². The molecule has 1 amide bonds. The number of benzene rings is 2. The fraction of sp³-hybridized carbons (Fsp3) is 0.304. The summed E-state index contributed by atoms with van der Waals surface area (Å²) in [6.45, 7) is 3.07. The van der Waals surface area contributed by atoms with Crippen molar-refractivity contribution in [1.82, 2.24) is 9.78 Å². The van der Waals surface area contributed by atoms with E-state index in [1.807, 2.05) is 28.9 Å². The second-order valence-electron chi connectivity index (χ2n) is 7.17. The Morgan fingerprint density at radius 2 is 1.90 bits per heavy atom. The van der Waals surface area contributed by atoms with Crippen molar-refractivity contribution in [2.45, 2.75) is 32.6 Å². The molecule has 1 aromatic heterocycles. The summed E-state index contributed by atoms with van der Waals surface area (Å²) in [4.78, 5) is 12.9. The lowest BCUT2D eigenvalue weighted by atomic mass is 10.1. The Morgan fingerprint density at radius 3 is 2.59 bits per heavy atom. The zero-order chi connectivity index (χ0) is 20.2. The van der Waals surface area contributed by atoms with Crippen LogP contribution in [0.4, 0.5) is 5.69 Å². The van der Waals surface area contributed by atoms with Gasteiger partial charge in [-0.2, -0.15) is 5.10 Å². The molecule has 150 valence electrons. The van der Waals surface area contributed by atoms with Gasteiger partial charge in [0, 0.05) is 23.5 Å². The van der Waals surface area contributed by atoms with Crippen molar-refractivity contribution in [2.75, 3.05) is 18.5 Å². The van der Waals surface area contributed by atoms with Crippen LogP contribution in [-0.4, -0.2) is 28.8 Å². The van der Waals surface area contributed by atoms with Crippen molar-refractivity contribution in [3.05, 3.63) is 71.0 Å². The number of nitrogens with one attached hydrogen (secondary N) is 1. The second kappa shape index (κ2) is 8.49. The fourth-order valence-electron chi connectivity index (χ4n) is 3.71. The number of nitrogens with two attached hydrogens (primary N) is 1. The molecular weight excluding hydrogens is 364 g/mol. The molecule has 1 aliphatic carbocycles. The van der Waals surface area contributed by atoms with E-state index in [1.54, 1.807) is 0 Å². The van der Waals surface area contributed by atoms with Gasteiger partial charge in [-0.05, 0) is 67.6 Å². The van der Waals surface area contributed by atoms with Crippen LogP contribution in [0.5, 0.6) is 5.75 Å². The molecule has 3 N–H and O–H groups in total. The molecule has 6 heteroatoms. The van der Waals surface area contributed by atoms with E-state index in [-0.39, 0.29) is 5.91 Å². The summed E-state index contributed by atoms with van der Waals surface area (Å²) in [5.41, 5.74) is 11.2. The average Bonchev–Trinajstić information content (AvgIpc) is 3.36. The Morgan fingerprint density at radius 1 is 1.14 bits per heavy atom. The third kappa shape index (κ3) is 4.03. The molecule has 0 fully saturated rings. The lowest BCUT2D eigenvalue weighted by molar-refractivity contribution is 0.102. The van der Waals surface area contributed by atoms with Crippen LogP contribution in [0.2, 0.25) is 0 Å². The first-order valence-electron chi connectivity index (χ1n) is 10.1. The Kier molecular flexibility index (Phi) is 5.62. The summed E-state index contributed by atoms with van der Waals surface area (Å²) in [7, 11) is 0. The van der Waals surface area contributed by atoms with Crippen LogP contribution in [-0.2, 0) is 19.3 Å². The van der Waals surface area contributed by atoms with Crippen LogP contribution in [0, 0.1) is 0 Å². The lowest BCUT2D eigenvalue weighted by Gasteiger charge is -2.08. The Hall–Kier alpha value is -3.12. The largest absolute Gasteiger partial charge is 0.492 e. The minimum absolute atomic E-state index is 0.178. The number of anilines is 1. The maximum atomic E-state index is 12.9. The highest BCUT2D eigenvalue weighted by atomic mass is 16.5. The van der Waals surface area contributed by atoms with Gasteiger partial charge in [0.1, 0.15) is 12.4 Å². The predicted octanol–water partition coefficient (Wildman–Crippen LogP) is 3.51. The summed E-state index contributed by atoms with van der Waals surface area (Å²) < 4.78 is 7.41. The molecule has 0 atom stereocenters. The van der Waals surface area contributed by atoms with Crippen LogP contribution in [0.1, 0.15) is 40.7 Å². The van der Waals surface area contributed by atoms with Gasteiger partial charge in [0.15, 0.2) is 5.69 Å². The van der Waals surface area contributed by atoms with E-state index < -0.39 is 0 Å². The van der Waals surface area contributed by atoms with Crippen LogP contribution in [0.25, 0.3) is 5.69 Å².